The molecule has 1 amide bonds. The number of hydrogen-bond acceptors (Lipinski definition) is 4. The molecule has 0 spiro atoms. The molecule has 3 heterocycles. The monoisotopic (exact) mass is 324 g/mol. The molecule has 0 radical (unpaired) electrons. The van der Waals surface area contributed by atoms with Crippen LogP contribution in [0.4, 0.5) is 0 Å². The summed E-state index contributed by atoms with van der Waals surface area (Å²) >= 11 is 0. The van der Waals surface area contributed by atoms with E-state index in [1.807, 2.05) is 23.1 Å². The summed E-state index contributed by atoms with van der Waals surface area (Å²) in [6, 6.07) is 8.17. The Bertz CT molecular complexity index is 853. The van der Waals surface area contributed by atoms with Gasteiger partial charge in [-0.2, -0.15) is 15.0 Å². The topological polar surface area (TPSA) is 68.8 Å². The molecule has 1 aliphatic rings. The van der Waals surface area contributed by atoms with Crippen molar-refractivity contribution in [3.8, 4) is 0 Å². The molecule has 24 heavy (non-hydrogen) atoms. The number of carbonyl (C=O) groups is 1. The summed E-state index contributed by atoms with van der Waals surface area (Å²) in [5, 5.41) is 8.06. The van der Waals surface area contributed by atoms with Gasteiger partial charge in [0.2, 0.25) is 5.91 Å². The highest BCUT2D eigenvalue weighted by Crippen LogP contribution is 2.33. The van der Waals surface area contributed by atoms with E-state index >= 15 is 0 Å². The van der Waals surface area contributed by atoms with Gasteiger partial charge in [0, 0.05) is 13.1 Å². The molecule has 2 aromatic heterocycles. The number of amides is 1. The molecular formula is C17H20N6O. The van der Waals surface area contributed by atoms with E-state index in [2.05, 4.69) is 27.8 Å². The number of rotatable bonds is 4. The van der Waals surface area contributed by atoms with Crippen molar-refractivity contribution in [2.75, 3.05) is 6.54 Å². The smallest absolute Gasteiger partial charge is 0.246 e. The van der Waals surface area contributed by atoms with Crippen LogP contribution in [0.3, 0.4) is 0 Å². The maximum atomic E-state index is 12.7. The first-order chi connectivity index (χ1) is 11.8. The van der Waals surface area contributed by atoms with Crippen molar-refractivity contribution in [1.82, 2.24) is 29.4 Å². The Morgan fingerprint density at radius 2 is 2.04 bits per heavy atom. The molecule has 0 saturated carbocycles. The van der Waals surface area contributed by atoms with Gasteiger partial charge in [0.15, 0.2) is 0 Å². The van der Waals surface area contributed by atoms with Crippen molar-refractivity contribution in [1.29, 1.82) is 0 Å². The van der Waals surface area contributed by atoms with Gasteiger partial charge in [0.05, 0.1) is 29.5 Å². The number of benzene rings is 1. The minimum absolute atomic E-state index is 0.0282. The van der Waals surface area contributed by atoms with Gasteiger partial charge in [-0.1, -0.05) is 12.1 Å². The van der Waals surface area contributed by atoms with Gasteiger partial charge in [-0.15, -0.1) is 0 Å². The molecule has 1 aromatic carbocycles. The Morgan fingerprint density at radius 3 is 2.83 bits per heavy atom. The molecule has 1 atom stereocenters. The Labute approximate surface area is 139 Å². The molecule has 7 heteroatoms. The van der Waals surface area contributed by atoms with Crippen LogP contribution in [0, 0.1) is 0 Å². The lowest BCUT2D eigenvalue weighted by Crippen LogP contribution is -2.35. The molecule has 124 valence electrons. The molecule has 0 unspecified atom stereocenters. The second-order valence-corrected chi connectivity index (χ2v) is 6.01. The van der Waals surface area contributed by atoms with Crippen molar-refractivity contribution in [2.45, 2.75) is 38.9 Å². The number of carbonyl (C=O) groups excluding carboxylic acids is 1. The third kappa shape index (κ3) is 2.46. The average Bonchev–Trinajstić information content (AvgIpc) is 3.33. The van der Waals surface area contributed by atoms with E-state index < -0.39 is 0 Å². The molecule has 0 N–H and O–H groups in total. The first kappa shape index (κ1) is 14.9. The van der Waals surface area contributed by atoms with Crippen molar-refractivity contribution in [3.63, 3.8) is 0 Å². The lowest BCUT2D eigenvalue weighted by atomic mass is 10.2. The van der Waals surface area contributed by atoms with Crippen molar-refractivity contribution in [2.24, 2.45) is 0 Å². The number of hydrogen-bond donors (Lipinski definition) is 0. The van der Waals surface area contributed by atoms with Crippen molar-refractivity contribution < 1.29 is 4.79 Å². The summed E-state index contributed by atoms with van der Waals surface area (Å²) < 4.78 is 2.22. The second-order valence-electron chi connectivity index (χ2n) is 6.01. The Balaban J connectivity index is 1.66. The summed E-state index contributed by atoms with van der Waals surface area (Å²) in [5.74, 6) is 1.03. The predicted octanol–water partition coefficient (Wildman–Crippen LogP) is 2.01. The van der Waals surface area contributed by atoms with Gasteiger partial charge in [0.1, 0.15) is 12.4 Å². The second kappa shape index (κ2) is 6.07. The third-order valence-corrected chi connectivity index (χ3v) is 4.61. The first-order valence-corrected chi connectivity index (χ1v) is 8.36. The van der Waals surface area contributed by atoms with E-state index in [1.165, 1.54) is 4.80 Å². The fourth-order valence-electron chi connectivity index (χ4n) is 3.55. The number of fused-ring (bicyclic) bond motifs is 1. The number of aromatic nitrogens is 5. The van der Waals surface area contributed by atoms with E-state index in [9.17, 15) is 4.79 Å². The maximum absolute atomic E-state index is 12.7. The zero-order chi connectivity index (χ0) is 16.5. The molecule has 0 bridgehead atoms. The van der Waals surface area contributed by atoms with Crippen LogP contribution in [0.15, 0.2) is 36.7 Å². The van der Waals surface area contributed by atoms with Crippen LogP contribution >= 0.6 is 0 Å². The average molecular weight is 324 g/mol. The van der Waals surface area contributed by atoms with Crippen molar-refractivity contribution >= 4 is 16.9 Å². The van der Waals surface area contributed by atoms with E-state index in [0.717, 1.165) is 42.8 Å². The van der Waals surface area contributed by atoms with Crippen LogP contribution < -0.4 is 0 Å². The van der Waals surface area contributed by atoms with Gasteiger partial charge in [-0.05, 0) is 31.9 Å². The van der Waals surface area contributed by atoms with Crippen LogP contribution in [0.1, 0.15) is 31.6 Å². The van der Waals surface area contributed by atoms with Crippen LogP contribution in [0.2, 0.25) is 0 Å². The van der Waals surface area contributed by atoms with E-state index in [1.54, 1.807) is 12.4 Å². The normalized spacial score (nSPS) is 17.7. The van der Waals surface area contributed by atoms with Crippen molar-refractivity contribution in [3.05, 3.63) is 42.5 Å². The SMILES string of the molecule is CCn1c([C@@H]2CCCN2C(=O)Cn2nccn2)nc2ccccc21. The highest BCUT2D eigenvalue weighted by atomic mass is 16.2. The fourth-order valence-corrected chi connectivity index (χ4v) is 3.55. The summed E-state index contributed by atoms with van der Waals surface area (Å²) in [4.78, 5) is 20.9. The van der Waals surface area contributed by atoms with Gasteiger partial charge in [0.25, 0.3) is 0 Å². The molecule has 1 saturated heterocycles. The first-order valence-electron chi connectivity index (χ1n) is 8.36. The van der Waals surface area contributed by atoms with Gasteiger partial charge >= 0.3 is 0 Å². The van der Waals surface area contributed by atoms with Gasteiger partial charge < -0.3 is 9.47 Å². The zero-order valence-corrected chi connectivity index (χ0v) is 13.7. The number of aryl methyl sites for hydroxylation is 1. The number of likely N-dealkylation sites (tertiary alicyclic amines) is 1. The minimum atomic E-state index is 0.0282. The molecule has 1 fully saturated rings. The Morgan fingerprint density at radius 1 is 1.25 bits per heavy atom. The quantitative estimate of drug-likeness (QED) is 0.736. The van der Waals surface area contributed by atoms with E-state index in [4.69, 9.17) is 4.98 Å². The van der Waals surface area contributed by atoms with Crippen LogP contribution in [0.25, 0.3) is 11.0 Å². The predicted molar refractivity (Wildman–Crippen MR) is 89.1 cm³/mol. The van der Waals surface area contributed by atoms with Gasteiger partial charge in [-0.25, -0.2) is 4.98 Å². The highest BCUT2D eigenvalue weighted by molar-refractivity contribution is 5.78. The Kier molecular flexibility index (Phi) is 3.76. The summed E-state index contributed by atoms with van der Waals surface area (Å²) in [5.41, 5.74) is 2.12. The van der Waals surface area contributed by atoms with Crippen LogP contribution in [-0.2, 0) is 17.9 Å². The van der Waals surface area contributed by atoms with Gasteiger partial charge in [-0.3, -0.25) is 4.79 Å². The number of nitrogens with zero attached hydrogens (tertiary/aromatic N) is 6. The lowest BCUT2D eigenvalue weighted by Gasteiger charge is -2.24. The molecule has 3 aromatic rings. The number of imidazole rings is 1. The largest absolute Gasteiger partial charge is 0.331 e. The molecule has 1 aliphatic heterocycles. The molecule has 0 aliphatic carbocycles. The molecule has 4 rings (SSSR count). The van der Waals surface area contributed by atoms with E-state index in [0.29, 0.717) is 0 Å². The minimum Gasteiger partial charge on any atom is -0.331 e. The zero-order valence-electron chi connectivity index (χ0n) is 13.7. The Hall–Kier alpha value is -2.70. The number of para-hydroxylation sites is 2. The summed E-state index contributed by atoms with van der Waals surface area (Å²) in [6.07, 6.45) is 5.12. The maximum Gasteiger partial charge on any atom is 0.246 e. The van der Waals surface area contributed by atoms with E-state index in [-0.39, 0.29) is 18.5 Å². The lowest BCUT2D eigenvalue weighted by molar-refractivity contribution is -0.133. The molecular weight excluding hydrogens is 304 g/mol. The highest BCUT2D eigenvalue weighted by Gasteiger charge is 2.33. The van der Waals surface area contributed by atoms with Crippen LogP contribution in [0.5, 0.6) is 0 Å². The fraction of sp³-hybridized carbons (Fsp3) is 0.412. The summed E-state index contributed by atoms with van der Waals surface area (Å²) in [7, 11) is 0. The van der Waals surface area contributed by atoms with Crippen LogP contribution in [-0.4, -0.2) is 41.9 Å². The standard InChI is InChI=1S/C17H20N6O/c1-2-21-14-7-4-3-6-13(14)20-17(21)15-8-5-11-22(15)16(24)12-23-18-9-10-19-23/h3-4,6-7,9-10,15H,2,5,8,11-12H2,1H3/t15-/m0/s1. The molecule has 7 nitrogen and oxygen atoms in total. The summed E-state index contributed by atoms with van der Waals surface area (Å²) in [6.45, 7) is 3.90. The third-order valence-electron chi connectivity index (χ3n) is 4.61.